The van der Waals surface area contributed by atoms with Gasteiger partial charge >= 0.3 is 0 Å². The second-order valence-corrected chi connectivity index (χ2v) is 26.2. The third-order valence-electron chi connectivity index (χ3n) is 17.6. The normalized spacial score (nSPS) is 12.0. The van der Waals surface area contributed by atoms with Crippen LogP contribution in [-0.4, -0.2) is 39.9 Å². The molecule has 8 heterocycles. The van der Waals surface area contributed by atoms with Crippen LogP contribution < -0.4 is 0 Å². The van der Waals surface area contributed by atoms with E-state index >= 15 is 0 Å². The maximum absolute atomic E-state index is 8.28. The molecule has 8 nitrogen and oxygen atoms in total. The number of rotatable bonds is 12. The number of nitrogens with zero attached hydrogens (tertiary/aromatic N) is 8. The molecule has 0 atom stereocenters. The zero-order chi connectivity index (χ0) is 102. The molecule has 0 aliphatic carbocycles. The second-order valence-electron chi connectivity index (χ2n) is 26.2. The van der Waals surface area contributed by atoms with Crippen LogP contribution in [0.4, 0.5) is 0 Å². The SMILES string of the molecule is Cc1cc(-c2[c-]cccc2)ncc1-c1ccccc1.Cc1ccc(-c2[c-]cccc2)nc1.Cc1cccc(-c2[c-]cccc2)n1.[2H]c1[c-]c(-c2nc([2H])c(-c3c([2H])c([2H])c([2H])c([2H])c3[2H])c([2H])c2[2H])c([2H])c([2H])c1[2H].[2H]c1[c-]c(-c2nc([2H])c([2H])c([2H])c2[2H])c([2H])c([2H])c1[2H].[Ir].[Ir].[Ir].[Ir].[c-]1ccccc1-c1ccc(-c2ccccc2)cn1.[c-]1ccccc1-c1ccc(-c2ccccc2)cn1.[c-]1ccccc1-c1ccccn1. The van der Waals surface area contributed by atoms with Crippen LogP contribution in [0.2, 0.25) is 0 Å². The molecule has 0 saturated heterocycles. The van der Waals surface area contributed by atoms with Crippen LogP contribution in [0.25, 0.3) is 135 Å². The van der Waals surface area contributed by atoms with Gasteiger partial charge in [0, 0.05) is 140 Å². The summed E-state index contributed by atoms with van der Waals surface area (Å²) in [5.74, 6) is 0. The first-order valence-corrected chi connectivity index (χ1v) is 38.7. The van der Waals surface area contributed by atoms with Crippen molar-refractivity contribution in [2.45, 2.75) is 20.8 Å². The third kappa shape index (κ3) is 31.3. The number of aromatic nitrogens is 8. The van der Waals surface area contributed by atoms with Gasteiger partial charge in [0.25, 0.3) is 0 Å². The summed E-state index contributed by atoms with van der Waals surface area (Å²) in [6.07, 6.45) is 8.22. The largest absolute Gasteiger partial charge is 0.305 e. The number of hydrogen-bond acceptors (Lipinski definition) is 8. The average molecular weight is 2370 g/mol. The Bertz CT molecular complexity index is 7320. The van der Waals surface area contributed by atoms with Crippen molar-refractivity contribution in [2.24, 2.45) is 0 Å². The predicted molar refractivity (Wildman–Crippen MR) is 504 cm³/mol. The van der Waals surface area contributed by atoms with Crippen molar-refractivity contribution in [2.75, 3.05) is 0 Å². The molecule has 12 heteroatoms. The Morgan fingerprint density at radius 2 is 0.646 bits per heavy atom. The number of benzene rings is 12. The molecule has 630 valence electrons. The van der Waals surface area contributed by atoms with Crippen molar-refractivity contribution in [3.63, 3.8) is 0 Å². The molecule has 4 radical (unpaired) electrons. The van der Waals surface area contributed by atoms with Gasteiger partial charge in [-0.25, -0.2) is 0 Å². The summed E-state index contributed by atoms with van der Waals surface area (Å²) >= 11 is 0. The molecule has 0 unspecified atom stereocenters. The molecule has 0 aliphatic heterocycles. The van der Waals surface area contributed by atoms with E-state index < -0.39 is 138 Å². The van der Waals surface area contributed by atoms with E-state index in [2.05, 4.69) is 156 Å². The molecule has 0 saturated carbocycles. The van der Waals surface area contributed by atoms with E-state index in [1.165, 1.54) is 33.4 Å². The topological polar surface area (TPSA) is 103 Å². The van der Waals surface area contributed by atoms with E-state index in [9.17, 15) is 0 Å². The molecular weight excluding hydrogens is 2260 g/mol. The molecule has 0 aliphatic rings. The molecule has 0 fully saturated rings. The fraction of sp³-hybridized carbons (Fsp3) is 0.0261. The molecule has 8 aromatic heterocycles. The van der Waals surface area contributed by atoms with Crippen LogP contribution >= 0.6 is 0 Å². The van der Waals surface area contributed by atoms with Crippen molar-refractivity contribution in [3.05, 3.63) is 533 Å². The molecule has 12 aromatic carbocycles. The molecule has 20 rings (SSSR count). The van der Waals surface area contributed by atoms with Gasteiger partial charge in [0.2, 0.25) is 0 Å². The monoisotopic (exact) mass is 2370 g/mol. The zero-order valence-electron chi connectivity index (χ0n) is 88.3. The fourth-order valence-electron chi connectivity index (χ4n) is 11.5. The molecule has 20 aromatic rings. The van der Waals surface area contributed by atoms with E-state index in [-0.39, 0.29) is 97.2 Å². The molecule has 127 heavy (non-hydrogen) atoms. The zero-order valence-corrected chi connectivity index (χ0v) is 77.9. The Kier molecular flexibility index (Phi) is 30.6. The van der Waals surface area contributed by atoms with Crippen molar-refractivity contribution in [1.29, 1.82) is 0 Å². The first-order chi connectivity index (χ1) is 69.0. The van der Waals surface area contributed by atoms with Crippen molar-refractivity contribution in [3.8, 4) is 135 Å². The molecular formula is C115H86Ir4N8-8. The van der Waals surface area contributed by atoms with E-state index in [1.54, 1.807) is 6.20 Å². The van der Waals surface area contributed by atoms with Gasteiger partial charge in [0.05, 0.1) is 16.4 Å². The Balaban J connectivity index is 0.000000189. The second kappa shape index (κ2) is 54.2. The van der Waals surface area contributed by atoms with Gasteiger partial charge in [-0.3, -0.25) is 0 Å². The smallest absolute Gasteiger partial charge is 0.0836 e. The van der Waals surface area contributed by atoms with Crippen LogP contribution in [-0.2, 0) is 80.4 Å². The molecule has 0 bridgehead atoms. The minimum Gasteiger partial charge on any atom is -0.305 e. The predicted octanol–water partition coefficient (Wildman–Crippen LogP) is 28.0. The summed E-state index contributed by atoms with van der Waals surface area (Å²) in [5.41, 5.74) is 20.5. The summed E-state index contributed by atoms with van der Waals surface area (Å²) in [7, 11) is 0. The van der Waals surface area contributed by atoms with Crippen LogP contribution in [0.5, 0.6) is 0 Å². The average Bonchev–Trinajstić information content (AvgIpc) is 0.744. The van der Waals surface area contributed by atoms with Gasteiger partial charge in [-0.2, -0.15) is 0 Å². The summed E-state index contributed by atoms with van der Waals surface area (Å²) < 4.78 is 155. The van der Waals surface area contributed by atoms with Gasteiger partial charge in [-0.1, -0.05) is 212 Å². The molecule has 0 spiro atoms. The Labute approximate surface area is 829 Å². The van der Waals surface area contributed by atoms with Gasteiger partial charge in [0.15, 0.2) is 0 Å². The van der Waals surface area contributed by atoms with E-state index in [1.807, 2.05) is 293 Å². The molecule has 0 amide bonds. The van der Waals surface area contributed by atoms with Gasteiger partial charge in [-0.15, -0.1) is 287 Å². The Hall–Kier alpha value is -13.6. The minimum absolute atomic E-state index is 0. The third-order valence-corrected chi connectivity index (χ3v) is 17.6. The van der Waals surface area contributed by atoms with E-state index in [4.69, 9.17) is 27.4 Å². The number of pyridine rings is 8. The van der Waals surface area contributed by atoms with Crippen molar-refractivity contribution < 1.29 is 108 Å². The van der Waals surface area contributed by atoms with E-state index in [0.29, 0.717) is 0 Å². The first kappa shape index (κ1) is 71.7. The van der Waals surface area contributed by atoms with Crippen LogP contribution in [0.3, 0.4) is 0 Å². The van der Waals surface area contributed by atoms with Crippen LogP contribution in [0.15, 0.2) is 468 Å². The fourth-order valence-corrected chi connectivity index (χ4v) is 11.5. The van der Waals surface area contributed by atoms with E-state index in [0.717, 1.165) is 84.4 Å². The van der Waals surface area contributed by atoms with Gasteiger partial charge in [0.1, 0.15) is 0 Å². The van der Waals surface area contributed by atoms with Gasteiger partial charge < -0.3 is 39.9 Å². The standard InChI is InChI=1S/C18H14N.3C17H12N.2C12H10N.2C11H8N.4Ir/c1-14-12-18(16-10-6-3-7-11-16)19-13-17(14)15-8-4-2-5-9-15;3*1-3-7-14(8-4-1)16-11-12-17(18-13-16)15-9-5-2-6-10-15;1-10-6-5-9-12(13-10)11-7-3-2-4-8-11;1-10-7-8-12(13-9-10)11-5-3-2-4-6-11;2*1-2-6-10(7-3-1)11-8-4-5-9-12-11;;;;/h2-10,12-13H,1H3;3*1-9,11-13H;2-7,9H,1H3;2-5,7-9H,1H3;2*1-6,8-9H;;;;/q8*-1;;;;/i;1D,2D,3D,4D,5D,6D,7D,8D,9D,11D,12D,13D;;;;;1D,2D,3D,4D,5D,6D,8D,9D;;;;;. The quantitative estimate of drug-likeness (QED) is 0.111. The number of hydrogen-bond donors (Lipinski definition) is 0. The first-order valence-electron chi connectivity index (χ1n) is 48.7. The van der Waals surface area contributed by atoms with Crippen molar-refractivity contribution in [1.82, 2.24) is 39.9 Å². The van der Waals surface area contributed by atoms with Crippen LogP contribution in [0, 0.1) is 69.3 Å². The summed E-state index contributed by atoms with van der Waals surface area (Å²) in [6, 6.07) is 118. The molecule has 0 N–H and O–H groups in total. The maximum atomic E-state index is 8.28. The summed E-state index contributed by atoms with van der Waals surface area (Å²) in [4.78, 5) is 34.0. The maximum Gasteiger partial charge on any atom is 0.0836 e. The van der Waals surface area contributed by atoms with Gasteiger partial charge in [-0.05, 0) is 140 Å². The summed E-state index contributed by atoms with van der Waals surface area (Å²) in [5, 5.41) is 0. The summed E-state index contributed by atoms with van der Waals surface area (Å²) in [6.45, 7) is 6.15. The van der Waals surface area contributed by atoms with Crippen molar-refractivity contribution >= 4 is 0 Å². The Morgan fingerprint density at radius 1 is 0.236 bits per heavy atom. The van der Waals surface area contributed by atoms with Crippen LogP contribution in [0.1, 0.15) is 44.2 Å². The Morgan fingerprint density at radius 3 is 1.08 bits per heavy atom. The minimum atomic E-state index is -0.676. The number of aryl methyl sites for hydroxylation is 3.